The summed E-state index contributed by atoms with van der Waals surface area (Å²) < 4.78 is -1.45. The lowest BCUT2D eigenvalue weighted by Crippen LogP contribution is -2.65. The molecule has 0 radical (unpaired) electrons. The van der Waals surface area contributed by atoms with Crippen LogP contribution in [0.4, 0.5) is 0 Å². The highest BCUT2D eigenvalue weighted by Crippen LogP contribution is 2.39. The fourth-order valence-electron chi connectivity index (χ4n) is 8.23. The van der Waals surface area contributed by atoms with Gasteiger partial charge in [-0.05, 0) is 81.8 Å². The molecule has 0 saturated carbocycles. The normalized spacial score (nSPS) is 22.5. The van der Waals surface area contributed by atoms with Crippen LogP contribution >= 0.6 is 21.6 Å². The first kappa shape index (κ1) is 60.5. The van der Waals surface area contributed by atoms with Gasteiger partial charge in [-0.25, -0.2) is 0 Å². The van der Waals surface area contributed by atoms with Gasteiger partial charge in [0.05, 0.1) is 18.2 Å². The number of aliphatic hydroxyl groups is 2. The number of H-pyrrole nitrogens is 1. The molecular weight excluding hydrogens is 1030 g/mol. The SMILES string of the molecule is C[C@@H](O)[C@H](NC(=O)C1NC(=O)[C@H]([C@@H](C)O)NC(=O)[C@H](CCCN=C(N)N)NC(=O)[C@@H](Cc2c[nH]c3ccccc23)NC(=O)[C@H](Cc2ccc(O)cc2)NC(=O)[C@@H](NC(=O)[C@H](N)Cc2ccccc2)CSSC1(C)C)C(N)=O. The van der Waals surface area contributed by atoms with Gasteiger partial charge in [-0.2, -0.15) is 0 Å². The Hall–Kier alpha value is -7.39. The number of para-hydroxylation sites is 1. The Kier molecular flexibility index (Phi) is 22.1. The first-order valence-electron chi connectivity index (χ1n) is 24.7. The van der Waals surface area contributed by atoms with Crippen LogP contribution in [0.3, 0.4) is 0 Å². The number of aromatic nitrogens is 1. The standard InChI is InChI=1S/C51H69N13O11S2/c1-26(65)39(42(53)68)62-49(75)41-51(3,4)77-76-25-38(61-43(69)33(52)21-28-11-6-5-7-12-28)47(73)59-36(22-29-16-18-31(67)19-17-29)45(71)60-37(23-30-24-57-34-14-9-8-13-32(30)34)46(72)58-35(15-10-20-56-50(54)55)44(70)63-40(27(2)66)48(74)64-41/h5-9,11-14,16-19,24,26-27,33,35-41,57,65-67H,10,15,20-23,25,52H2,1-4H3,(H2,53,68)(H,58,72)(H,59,73)(H,60,71)(H,61,69)(H,62,75)(H,63,70)(H,64,74)(H4,54,55,56)/t26-,27-,33-,35+,36+,37-,38+,39+,40+,41?/m1/s1. The van der Waals surface area contributed by atoms with Crippen molar-refractivity contribution in [1.82, 2.24) is 42.2 Å². The van der Waals surface area contributed by atoms with Crippen molar-refractivity contribution in [1.29, 1.82) is 0 Å². The van der Waals surface area contributed by atoms with E-state index < -0.39 is 113 Å². The number of guanidine groups is 1. The summed E-state index contributed by atoms with van der Waals surface area (Å²) in [6, 6.07) is 9.79. The number of nitrogens with one attached hydrogen (secondary N) is 8. The second-order valence-corrected chi connectivity index (χ2v) is 22.2. The number of phenols is 1. The molecule has 1 aliphatic rings. The minimum absolute atomic E-state index is 0.00282. The zero-order chi connectivity index (χ0) is 56.6. The molecule has 3 aromatic carbocycles. The van der Waals surface area contributed by atoms with E-state index in [4.69, 9.17) is 22.9 Å². The van der Waals surface area contributed by atoms with Crippen molar-refractivity contribution in [2.24, 2.45) is 27.9 Å². The second kappa shape index (κ2) is 28.1. The number of aromatic hydroxyl groups is 1. The molecule has 1 saturated heterocycles. The van der Waals surface area contributed by atoms with Crippen molar-refractivity contribution >= 4 is 85.7 Å². The topological polar surface area (TPSA) is 414 Å². The molecule has 19 N–H and O–H groups in total. The van der Waals surface area contributed by atoms with Gasteiger partial charge in [0, 0.05) is 47.0 Å². The summed E-state index contributed by atoms with van der Waals surface area (Å²) in [5.74, 6) is -8.15. The molecule has 0 aliphatic carbocycles. The molecule has 24 nitrogen and oxygen atoms in total. The van der Waals surface area contributed by atoms with Crippen LogP contribution in [-0.2, 0) is 57.6 Å². The third kappa shape index (κ3) is 17.8. The predicted molar refractivity (Wildman–Crippen MR) is 292 cm³/mol. The Balaban J connectivity index is 1.64. The summed E-state index contributed by atoms with van der Waals surface area (Å²) in [7, 11) is 1.92. The van der Waals surface area contributed by atoms with Gasteiger partial charge in [0.2, 0.25) is 47.3 Å². The minimum atomic E-state index is -1.80. The van der Waals surface area contributed by atoms with E-state index in [-0.39, 0.29) is 56.1 Å². The lowest BCUT2D eigenvalue weighted by atomic mass is 9.99. The maximum absolute atomic E-state index is 14.9. The number of carbonyl (C=O) groups excluding carboxylic acids is 8. The van der Waals surface area contributed by atoms with Crippen LogP contribution < -0.4 is 60.2 Å². The molecule has 1 aromatic heterocycles. The molecule has 2 heterocycles. The average Bonchev–Trinajstić information content (AvgIpc) is 3.79. The van der Waals surface area contributed by atoms with E-state index in [1.807, 2.05) is 6.07 Å². The molecule has 10 atom stereocenters. The van der Waals surface area contributed by atoms with E-state index in [1.165, 1.54) is 52.0 Å². The van der Waals surface area contributed by atoms with E-state index in [0.29, 0.717) is 22.0 Å². The highest BCUT2D eigenvalue weighted by Gasteiger charge is 2.43. The number of nitrogens with zero attached hydrogens (tertiary/aromatic N) is 1. The zero-order valence-corrected chi connectivity index (χ0v) is 44.6. The van der Waals surface area contributed by atoms with E-state index in [2.05, 4.69) is 47.2 Å². The number of carbonyl (C=O) groups is 8. The number of fused-ring (bicyclic) bond motifs is 1. The summed E-state index contributed by atoms with van der Waals surface area (Å²) in [4.78, 5) is 121. The van der Waals surface area contributed by atoms with E-state index in [0.717, 1.165) is 27.2 Å². The molecule has 416 valence electrons. The third-order valence-corrected chi connectivity index (χ3v) is 15.8. The van der Waals surface area contributed by atoms with Crippen LogP contribution in [0.15, 0.2) is 90.1 Å². The fraction of sp³-hybridized carbons (Fsp3) is 0.431. The first-order chi connectivity index (χ1) is 36.4. The summed E-state index contributed by atoms with van der Waals surface area (Å²) in [6.45, 7) is 5.45. The molecule has 8 amide bonds. The van der Waals surface area contributed by atoms with Crippen molar-refractivity contribution in [2.75, 3.05) is 12.3 Å². The van der Waals surface area contributed by atoms with Gasteiger partial charge in [-0.3, -0.25) is 43.3 Å². The summed E-state index contributed by atoms with van der Waals surface area (Å²) in [6.07, 6.45) is -1.83. The number of hydrogen-bond acceptors (Lipinski definition) is 15. The van der Waals surface area contributed by atoms with Crippen LogP contribution in [0.25, 0.3) is 10.9 Å². The number of benzene rings is 3. The van der Waals surface area contributed by atoms with E-state index in [1.54, 1.807) is 54.7 Å². The number of nitrogens with two attached hydrogens (primary N) is 4. The quantitative estimate of drug-likeness (QED) is 0.0238. The number of amides is 8. The van der Waals surface area contributed by atoms with Crippen LogP contribution in [0.5, 0.6) is 5.75 Å². The highest BCUT2D eigenvalue weighted by molar-refractivity contribution is 8.77. The van der Waals surface area contributed by atoms with Gasteiger partial charge in [-0.15, -0.1) is 0 Å². The van der Waals surface area contributed by atoms with Crippen LogP contribution in [-0.4, -0.2) is 151 Å². The van der Waals surface area contributed by atoms with Gasteiger partial charge >= 0.3 is 0 Å². The van der Waals surface area contributed by atoms with Crippen molar-refractivity contribution in [3.63, 3.8) is 0 Å². The molecule has 77 heavy (non-hydrogen) atoms. The Morgan fingerprint density at radius 1 is 0.766 bits per heavy atom. The second-order valence-electron chi connectivity index (χ2n) is 19.2. The van der Waals surface area contributed by atoms with E-state index in [9.17, 15) is 53.7 Å². The van der Waals surface area contributed by atoms with Crippen LogP contribution in [0.2, 0.25) is 0 Å². The highest BCUT2D eigenvalue weighted by atomic mass is 33.1. The van der Waals surface area contributed by atoms with Gasteiger partial charge in [0.1, 0.15) is 48.0 Å². The number of aliphatic imine (C=N–C) groups is 1. The number of primary amides is 1. The number of rotatable bonds is 17. The van der Waals surface area contributed by atoms with Gasteiger partial charge in [-0.1, -0.05) is 82.3 Å². The third-order valence-electron chi connectivity index (χ3n) is 12.5. The zero-order valence-electron chi connectivity index (χ0n) is 43.0. The number of aliphatic hydroxyl groups excluding tert-OH is 2. The molecule has 0 spiro atoms. The Labute approximate surface area is 452 Å². The summed E-state index contributed by atoms with van der Waals surface area (Å²) in [5.41, 5.74) is 25.5. The molecule has 26 heteroatoms. The van der Waals surface area contributed by atoms with Crippen LogP contribution in [0.1, 0.15) is 57.2 Å². The minimum Gasteiger partial charge on any atom is -0.508 e. The monoisotopic (exact) mass is 1100 g/mol. The smallest absolute Gasteiger partial charge is 0.245 e. The van der Waals surface area contributed by atoms with Crippen molar-refractivity contribution in [3.05, 3.63) is 102 Å². The molecule has 0 bridgehead atoms. The van der Waals surface area contributed by atoms with Crippen molar-refractivity contribution in [2.45, 2.75) is 125 Å². The average molecular weight is 1100 g/mol. The molecule has 1 aliphatic heterocycles. The number of hydrogen-bond donors (Lipinski definition) is 15. The molecule has 1 fully saturated rings. The van der Waals surface area contributed by atoms with Crippen LogP contribution in [0, 0.1) is 0 Å². The Morgan fingerprint density at radius 2 is 1.38 bits per heavy atom. The summed E-state index contributed by atoms with van der Waals surface area (Å²) >= 11 is 0. The lowest BCUT2D eigenvalue weighted by molar-refractivity contribution is -0.137. The van der Waals surface area contributed by atoms with Crippen molar-refractivity contribution in [3.8, 4) is 5.75 Å². The predicted octanol–water partition coefficient (Wildman–Crippen LogP) is -1.90. The largest absolute Gasteiger partial charge is 0.508 e. The maximum Gasteiger partial charge on any atom is 0.245 e. The van der Waals surface area contributed by atoms with E-state index >= 15 is 0 Å². The maximum atomic E-state index is 14.9. The van der Waals surface area contributed by atoms with Gasteiger partial charge in [0.15, 0.2) is 5.96 Å². The number of phenolic OH excluding ortho intramolecular Hbond substituents is 1. The molecule has 4 aromatic rings. The lowest BCUT2D eigenvalue weighted by Gasteiger charge is -2.36. The van der Waals surface area contributed by atoms with Gasteiger partial charge < -0.3 is 80.5 Å². The molecule has 1 unspecified atom stereocenters. The van der Waals surface area contributed by atoms with Gasteiger partial charge in [0.25, 0.3) is 0 Å². The first-order valence-corrected chi connectivity index (χ1v) is 27.0. The Morgan fingerprint density at radius 3 is 2.01 bits per heavy atom. The summed E-state index contributed by atoms with van der Waals surface area (Å²) in [5, 5.41) is 50.6. The molecule has 5 rings (SSSR count). The Bertz CT molecular complexity index is 2740. The fourth-order valence-corrected chi connectivity index (χ4v) is 11.0. The number of aromatic amines is 1. The van der Waals surface area contributed by atoms with Crippen molar-refractivity contribution < 1.29 is 53.7 Å². The molecular formula is C51H69N13O11S2.